The number of fused-ring (bicyclic) bond motifs is 1. The number of allylic oxidation sites excluding steroid dienone is 4. The van der Waals surface area contributed by atoms with E-state index in [2.05, 4.69) is 57.2 Å². The van der Waals surface area contributed by atoms with Crippen molar-refractivity contribution in [3.63, 3.8) is 0 Å². The minimum absolute atomic E-state index is 0.0229. The second-order valence-electron chi connectivity index (χ2n) is 4.66. The van der Waals surface area contributed by atoms with Gasteiger partial charge in [-0.15, -0.1) is 16.7 Å². The number of nitrogens with zero attached hydrogens (tertiary/aromatic N) is 3. The molecule has 5 heteroatoms. The van der Waals surface area contributed by atoms with Crippen LogP contribution in [0.1, 0.15) is 30.6 Å². The zero-order chi connectivity index (χ0) is 12.0. The molecule has 1 aliphatic carbocycles. The van der Waals surface area contributed by atoms with Crippen molar-refractivity contribution in [1.29, 1.82) is 0 Å². The molecule has 0 N–H and O–H groups in total. The second-order valence-corrected chi connectivity index (χ2v) is 5.90. The third-order valence-corrected chi connectivity index (χ3v) is 4.29. The number of hydrogen-bond donors (Lipinski definition) is 0. The molecule has 1 aromatic rings. The standard InChI is InChI=1S/C12H13BrClN3/c1-7-4-2-3-5-8(7)10-6-9(14)11-15-12(13)16-17(10)11/h2-5,7-10H,6H2,1H3/t7?,8?,9-,10-/m0/s1. The van der Waals surface area contributed by atoms with Crippen LogP contribution in [-0.4, -0.2) is 14.8 Å². The lowest BCUT2D eigenvalue weighted by molar-refractivity contribution is 0.316. The van der Waals surface area contributed by atoms with E-state index in [1.54, 1.807) is 0 Å². The van der Waals surface area contributed by atoms with E-state index >= 15 is 0 Å². The van der Waals surface area contributed by atoms with Gasteiger partial charge in [0.05, 0.1) is 11.4 Å². The first-order valence-electron chi connectivity index (χ1n) is 5.78. The fourth-order valence-electron chi connectivity index (χ4n) is 2.72. The summed E-state index contributed by atoms with van der Waals surface area (Å²) in [7, 11) is 0. The number of halogens is 2. The molecule has 0 aromatic carbocycles. The first-order chi connectivity index (χ1) is 8.16. The third kappa shape index (κ3) is 1.87. The van der Waals surface area contributed by atoms with Crippen LogP contribution < -0.4 is 0 Å². The highest BCUT2D eigenvalue weighted by Gasteiger charge is 2.38. The molecular weight excluding hydrogens is 302 g/mol. The van der Waals surface area contributed by atoms with E-state index < -0.39 is 0 Å². The van der Waals surface area contributed by atoms with E-state index in [1.807, 2.05) is 4.68 Å². The van der Waals surface area contributed by atoms with Crippen LogP contribution in [-0.2, 0) is 0 Å². The van der Waals surface area contributed by atoms with Crippen LogP contribution in [0.15, 0.2) is 29.0 Å². The molecule has 0 radical (unpaired) electrons. The van der Waals surface area contributed by atoms with E-state index in [9.17, 15) is 0 Å². The fourth-order valence-corrected chi connectivity index (χ4v) is 3.40. The summed E-state index contributed by atoms with van der Waals surface area (Å²) >= 11 is 9.65. The molecule has 4 atom stereocenters. The van der Waals surface area contributed by atoms with Crippen molar-refractivity contribution in [3.05, 3.63) is 34.9 Å². The predicted molar refractivity (Wildman–Crippen MR) is 70.9 cm³/mol. The topological polar surface area (TPSA) is 30.7 Å². The molecule has 17 heavy (non-hydrogen) atoms. The van der Waals surface area contributed by atoms with Crippen LogP contribution in [0.5, 0.6) is 0 Å². The van der Waals surface area contributed by atoms with E-state index in [0.29, 0.717) is 22.6 Å². The molecule has 0 spiro atoms. The highest BCUT2D eigenvalue weighted by Crippen LogP contribution is 2.44. The van der Waals surface area contributed by atoms with Crippen molar-refractivity contribution >= 4 is 27.5 Å². The van der Waals surface area contributed by atoms with E-state index in [1.165, 1.54) is 0 Å². The fraction of sp³-hybridized carbons (Fsp3) is 0.500. The molecule has 0 amide bonds. The van der Waals surface area contributed by atoms with Gasteiger partial charge in [0, 0.05) is 5.92 Å². The maximum Gasteiger partial charge on any atom is 0.217 e. The first-order valence-corrected chi connectivity index (χ1v) is 7.01. The van der Waals surface area contributed by atoms with Crippen molar-refractivity contribution in [1.82, 2.24) is 14.8 Å². The Balaban J connectivity index is 1.95. The zero-order valence-corrected chi connectivity index (χ0v) is 11.8. The van der Waals surface area contributed by atoms with Gasteiger partial charge in [-0.2, -0.15) is 0 Å². The highest BCUT2D eigenvalue weighted by molar-refractivity contribution is 9.10. The first kappa shape index (κ1) is 11.5. The molecule has 90 valence electrons. The normalized spacial score (nSPS) is 35.2. The Bertz CT molecular complexity index is 494. The Morgan fingerprint density at radius 1 is 1.41 bits per heavy atom. The van der Waals surface area contributed by atoms with Crippen LogP contribution in [0.4, 0.5) is 0 Å². The average molecular weight is 315 g/mol. The number of alkyl halides is 1. The van der Waals surface area contributed by atoms with Crippen LogP contribution in [0.2, 0.25) is 0 Å². The molecule has 2 heterocycles. The number of hydrogen-bond acceptors (Lipinski definition) is 2. The monoisotopic (exact) mass is 313 g/mol. The lowest BCUT2D eigenvalue weighted by Crippen LogP contribution is -2.22. The molecule has 3 nitrogen and oxygen atoms in total. The minimum Gasteiger partial charge on any atom is -0.244 e. The lowest BCUT2D eigenvalue weighted by Gasteiger charge is -2.26. The van der Waals surface area contributed by atoms with Crippen molar-refractivity contribution in [3.8, 4) is 0 Å². The van der Waals surface area contributed by atoms with Crippen LogP contribution in [0.25, 0.3) is 0 Å². The van der Waals surface area contributed by atoms with Gasteiger partial charge in [-0.3, -0.25) is 0 Å². The minimum atomic E-state index is -0.0229. The van der Waals surface area contributed by atoms with Gasteiger partial charge < -0.3 is 0 Å². The molecule has 2 unspecified atom stereocenters. The van der Waals surface area contributed by atoms with Gasteiger partial charge in [-0.1, -0.05) is 31.2 Å². The quantitative estimate of drug-likeness (QED) is 0.741. The van der Waals surface area contributed by atoms with Crippen LogP contribution in [0, 0.1) is 11.8 Å². The Morgan fingerprint density at radius 3 is 2.94 bits per heavy atom. The van der Waals surface area contributed by atoms with Gasteiger partial charge >= 0.3 is 0 Å². The van der Waals surface area contributed by atoms with Gasteiger partial charge in [0.25, 0.3) is 0 Å². The molecule has 1 aliphatic heterocycles. The molecule has 3 rings (SSSR count). The Kier molecular flexibility index (Phi) is 2.87. The van der Waals surface area contributed by atoms with E-state index in [0.717, 1.165) is 12.2 Å². The summed E-state index contributed by atoms with van der Waals surface area (Å²) in [4.78, 5) is 4.34. The van der Waals surface area contributed by atoms with Crippen molar-refractivity contribution in [2.75, 3.05) is 0 Å². The summed E-state index contributed by atoms with van der Waals surface area (Å²) in [5, 5.41) is 4.39. The van der Waals surface area contributed by atoms with Crippen molar-refractivity contribution in [2.45, 2.75) is 24.8 Å². The summed E-state index contributed by atoms with van der Waals surface area (Å²) in [6.45, 7) is 2.23. The predicted octanol–water partition coefficient (Wildman–Crippen LogP) is 3.64. The van der Waals surface area contributed by atoms with Gasteiger partial charge in [0.1, 0.15) is 5.82 Å². The molecule has 2 aliphatic rings. The van der Waals surface area contributed by atoms with Crippen LogP contribution in [0.3, 0.4) is 0 Å². The second kappa shape index (κ2) is 4.25. The van der Waals surface area contributed by atoms with Gasteiger partial charge in [-0.05, 0) is 28.3 Å². The van der Waals surface area contributed by atoms with Gasteiger partial charge in [0.2, 0.25) is 4.73 Å². The average Bonchev–Trinajstić information content (AvgIpc) is 2.80. The highest BCUT2D eigenvalue weighted by atomic mass is 79.9. The van der Waals surface area contributed by atoms with Crippen molar-refractivity contribution in [2.24, 2.45) is 11.8 Å². The Morgan fingerprint density at radius 2 is 2.18 bits per heavy atom. The summed E-state index contributed by atoms with van der Waals surface area (Å²) < 4.78 is 2.62. The molecule has 0 saturated heterocycles. The maximum atomic E-state index is 6.33. The molecule has 0 fully saturated rings. The van der Waals surface area contributed by atoms with Gasteiger partial charge in [0.15, 0.2) is 0 Å². The smallest absolute Gasteiger partial charge is 0.217 e. The summed E-state index contributed by atoms with van der Waals surface area (Å²) in [5.41, 5.74) is 0. The third-order valence-electron chi connectivity index (χ3n) is 3.59. The summed E-state index contributed by atoms with van der Waals surface area (Å²) in [6, 6.07) is 0.322. The Hall–Kier alpha value is -0.610. The lowest BCUT2D eigenvalue weighted by atomic mass is 9.83. The number of aromatic nitrogens is 3. The van der Waals surface area contributed by atoms with E-state index in [-0.39, 0.29) is 5.38 Å². The molecule has 0 saturated carbocycles. The van der Waals surface area contributed by atoms with E-state index in [4.69, 9.17) is 11.6 Å². The summed E-state index contributed by atoms with van der Waals surface area (Å²) in [6.07, 6.45) is 9.61. The van der Waals surface area contributed by atoms with Crippen LogP contribution >= 0.6 is 27.5 Å². The molecular formula is C12H13BrClN3. The Labute approximate surface area is 114 Å². The zero-order valence-electron chi connectivity index (χ0n) is 9.42. The largest absolute Gasteiger partial charge is 0.244 e. The SMILES string of the molecule is CC1C=CC=CC1[C@@H]1C[C@H](Cl)c2nc(Br)nn21. The molecule has 1 aromatic heterocycles. The molecule has 0 bridgehead atoms. The van der Waals surface area contributed by atoms with Gasteiger partial charge in [-0.25, -0.2) is 9.67 Å². The van der Waals surface area contributed by atoms with Crippen molar-refractivity contribution < 1.29 is 0 Å². The maximum absolute atomic E-state index is 6.33. The summed E-state index contributed by atoms with van der Waals surface area (Å²) in [5.74, 6) is 1.86. The number of rotatable bonds is 1.